The van der Waals surface area contributed by atoms with Crippen molar-refractivity contribution in [3.63, 3.8) is 0 Å². The number of thiazole rings is 1. The number of hydrogen-bond donors (Lipinski definition) is 1. The molecule has 0 aliphatic carbocycles. The third-order valence-corrected chi connectivity index (χ3v) is 5.93. The fraction of sp³-hybridized carbons (Fsp3) is 0.292. The van der Waals surface area contributed by atoms with Crippen LogP contribution < -0.4 is 5.32 Å². The molecule has 0 radical (unpaired) electrons. The Morgan fingerprint density at radius 3 is 2.65 bits per heavy atom. The van der Waals surface area contributed by atoms with Crippen molar-refractivity contribution in [1.82, 2.24) is 20.1 Å². The lowest BCUT2D eigenvalue weighted by Crippen LogP contribution is -2.28. The van der Waals surface area contributed by atoms with Crippen molar-refractivity contribution in [2.75, 3.05) is 0 Å². The number of nitrogens with zero attached hydrogens (tertiary/aromatic N) is 3. The van der Waals surface area contributed by atoms with Gasteiger partial charge in [0.2, 0.25) is 0 Å². The molecule has 2 heterocycles. The van der Waals surface area contributed by atoms with E-state index in [9.17, 15) is 9.18 Å². The van der Waals surface area contributed by atoms with Crippen molar-refractivity contribution < 1.29 is 9.18 Å². The number of carbonyl (C=O) groups is 1. The lowest BCUT2D eigenvalue weighted by molar-refractivity contribution is -0.116. The quantitative estimate of drug-likeness (QED) is 0.362. The van der Waals surface area contributed by atoms with Gasteiger partial charge in [-0.3, -0.25) is 4.79 Å². The van der Waals surface area contributed by atoms with Crippen LogP contribution in [0.25, 0.3) is 11.3 Å². The van der Waals surface area contributed by atoms with Crippen LogP contribution in [0.4, 0.5) is 4.39 Å². The predicted octanol–water partition coefficient (Wildman–Crippen LogP) is 5.70. The first-order valence-electron chi connectivity index (χ1n) is 10.2. The van der Waals surface area contributed by atoms with Crippen LogP contribution in [0.3, 0.4) is 0 Å². The molecule has 7 heteroatoms. The molecule has 3 rings (SSSR count). The van der Waals surface area contributed by atoms with Crippen molar-refractivity contribution in [3.8, 4) is 5.69 Å². The third kappa shape index (κ3) is 5.35. The molecule has 1 atom stereocenters. The van der Waals surface area contributed by atoms with Crippen molar-refractivity contribution in [3.05, 3.63) is 81.8 Å². The Hall–Kier alpha value is -3.06. The number of aromatic nitrogens is 3. The Labute approximate surface area is 186 Å². The molecule has 5 nitrogen and oxygen atoms in total. The molecule has 0 bridgehead atoms. The van der Waals surface area contributed by atoms with Gasteiger partial charge in [-0.2, -0.15) is 5.10 Å². The highest BCUT2D eigenvalue weighted by molar-refractivity contribution is 7.09. The number of hydrogen-bond acceptors (Lipinski definition) is 4. The van der Waals surface area contributed by atoms with E-state index in [2.05, 4.69) is 22.0 Å². The van der Waals surface area contributed by atoms with Crippen molar-refractivity contribution in [2.24, 2.45) is 0 Å². The van der Waals surface area contributed by atoms with Gasteiger partial charge in [-0.05, 0) is 57.9 Å². The van der Waals surface area contributed by atoms with E-state index in [1.165, 1.54) is 12.1 Å². The zero-order valence-electron chi connectivity index (χ0n) is 18.3. The number of amides is 1. The largest absolute Gasteiger partial charge is 0.344 e. The van der Waals surface area contributed by atoms with E-state index in [0.29, 0.717) is 12.0 Å². The summed E-state index contributed by atoms with van der Waals surface area (Å²) in [5.74, 6) is -0.498. The summed E-state index contributed by atoms with van der Waals surface area (Å²) in [4.78, 5) is 17.7. The lowest BCUT2D eigenvalue weighted by Gasteiger charge is -2.14. The minimum Gasteiger partial charge on any atom is -0.344 e. The maximum Gasteiger partial charge on any atom is 0.252 e. The summed E-state index contributed by atoms with van der Waals surface area (Å²) in [6.45, 7) is 11.9. The van der Waals surface area contributed by atoms with Crippen molar-refractivity contribution >= 4 is 22.8 Å². The number of carbonyl (C=O) groups excluding carboxylic acids is 1. The molecule has 1 unspecified atom stereocenters. The molecule has 0 spiro atoms. The predicted molar refractivity (Wildman–Crippen MR) is 124 cm³/mol. The molecule has 0 saturated heterocycles. The standard InChI is InChI=1S/C24H27FN4OS/c1-6-15(2)7-12-21(24(30)27-16(3)23-14-31-18(5)28-23)22-13-26-29(17(22)4)20-10-8-19(25)9-11-20/h8-14,16H,2,6-7H2,1,3-5H3,(H,27,30). The molecule has 1 N–H and O–H groups in total. The smallest absolute Gasteiger partial charge is 0.252 e. The molecule has 162 valence electrons. The van der Waals surface area contributed by atoms with Crippen LogP contribution in [0.1, 0.15) is 54.7 Å². The van der Waals surface area contributed by atoms with E-state index in [1.54, 1.807) is 34.3 Å². The Morgan fingerprint density at radius 2 is 2.03 bits per heavy atom. The molecule has 3 aromatic rings. The zero-order chi connectivity index (χ0) is 22.5. The van der Waals surface area contributed by atoms with Gasteiger partial charge in [0, 0.05) is 22.2 Å². The summed E-state index contributed by atoms with van der Waals surface area (Å²) in [6, 6.07) is 5.88. The van der Waals surface area contributed by atoms with E-state index in [4.69, 9.17) is 0 Å². The number of halogens is 1. The molecular formula is C24H27FN4OS. The van der Waals surface area contributed by atoms with Crippen LogP contribution in [-0.4, -0.2) is 20.7 Å². The Morgan fingerprint density at radius 1 is 1.32 bits per heavy atom. The summed E-state index contributed by atoms with van der Waals surface area (Å²) in [5.41, 5.74) is 4.68. The Kier molecular flexibility index (Phi) is 7.17. The van der Waals surface area contributed by atoms with Crippen LogP contribution in [0.5, 0.6) is 0 Å². The summed E-state index contributed by atoms with van der Waals surface area (Å²) < 4.78 is 15.0. The highest BCUT2D eigenvalue weighted by Crippen LogP contribution is 2.25. The van der Waals surface area contributed by atoms with Gasteiger partial charge in [0.1, 0.15) is 5.82 Å². The molecule has 1 amide bonds. The van der Waals surface area contributed by atoms with Crippen molar-refractivity contribution in [1.29, 1.82) is 0 Å². The second kappa shape index (κ2) is 9.83. The van der Waals surface area contributed by atoms with E-state index in [-0.39, 0.29) is 17.8 Å². The van der Waals surface area contributed by atoms with Crippen LogP contribution in [0, 0.1) is 19.7 Å². The van der Waals surface area contributed by atoms with Crippen molar-refractivity contribution in [2.45, 2.75) is 46.6 Å². The Balaban J connectivity index is 1.93. The summed E-state index contributed by atoms with van der Waals surface area (Å²) in [6.07, 6.45) is 5.02. The minimum atomic E-state index is -0.307. The maximum absolute atomic E-state index is 13.3. The number of aryl methyl sites for hydroxylation is 1. The lowest BCUT2D eigenvalue weighted by atomic mass is 10.0. The van der Waals surface area contributed by atoms with Gasteiger partial charge >= 0.3 is 0 Å². The van der Waals surface area contributed by atoms with E-state index in [1.807, 2.05) is 39.2 Å². The van der Waals surface area contributed by atoms with E-state index in [0.717, 1.165) is 39.6 Å². The molecule has 0 fully saturated rings. The summed E-state index contributed by atoms with van der Waals surface area (Å²) in [7, 11) is 0. The van der Waals surface area contributed by atoms with Crippen LogP contribution >= 0.6 is 11.3 Å². The van der Waals surface area contributed by atoms with E-state index >= 15 is 0 Å². The number of rotatable bonds is 8. The van der Waals surface area contributed by atoms with E-state index < -0.39 is 0 Å². The summed E-state index contributed by atoms with van der Waals surface area (Å²) in [5, 5.41) is 10.4. The van der Waals surface area contributed by atoms with Gasteiger partial charge in [-0.15, -0.1) is 11.3 Å². The normalized spacial score (nSPS) is 12.6. The summed E-state index contributed by atoms with van der Waals surface area (Å²) >= 11 is 1.56. The van der Waals surface area contributed by atoms with Gasteiger partial charge < -0.3 is 5.32 Å². The van der Waals surface area contributed by atoms with Gasteiger partial charge in [0.25, 0.3) is 5.91 Å². The zero-order valence-corrected chi connectivity index (χ0v) is 19.1. The molecule has 1 aromatic carbocycles. The molecule has 0 aliphatic rings. The van der Waals surface area contributed by atoms with Gasteiger partial charge in [0.15, 0.2) is 0 Å². The topological polar surface area (TPSA) is 59.8 Å². The second-order valence-corrected chi connectivity index (χ2v) is 8.51. The van der Waals surface area contributed by atoms with Crippen LogP contribution in [-0.2, 0) is 4.79 Å². The maximum atomic E-state index is 13.3. The first-order valence-corrected chi connectivity index (χ1v) is 11.1. The molecule has 0 saturated carbocycles. The van der Waals surface area contributed by atoms with Gasteiger partial charge in [-0.1, -0.05) is 25.2 Å². The van der Waals surface area contributed by atoms with Gasteiger partial charge in [-0.25, -0.2) is 14.1 Å². The monoisotopic (exact) mass is 438 g/mol. The second-order valence-electron chi connectivity index (χ2n) is 7.44. The first-order chi connectivity index (χ1) is 14.8. The fourth-order valence-corrected chi connectivity index (χ4v) is 3.87. The molecular weight excluding hydrogens is 411 g/mol. The third-order valence-electron chi connectivity index (χ3n) is 5.14. The highest BCUT2D eigenvalue weighted by atomic mass is 32.1. The minimum absolute atomic E-state index is 0.191. The first kappa shape index (κ1) is 22.6. The van der Waals surface area contributed by atoms with Gasteiger partial charge in [0.05, 0.1) is 28.6 Å². The molecule has 0 aliphatic heterocycles. The molecule has 2 aromatic heterocycles. The number of allylic oxidation sites excluding steroid dienone is 2. The van der Waals surface area contributed by atoms with Crippen LogP contribution in [0.15, 0.2) is 54.1 Å². The molecule has 31 heavy (non-hydrogen) atoms. The van der Waals surface area contributed by atoms with Crippen LogP contribution in [0.2, 0.25) is 0 Å². The number of benzene rings is 1. The number of nitrogens with one attached hydrogen (secondary N) is 1. The average Bonchev–Trinajstić information content (AvgIpc) is 3.35. The highest BCUT2D eigenvalue weighted by Gasteiger charge is 2.21. The average molecular weight is 439 g/mol. The fourth-order valence-electron chi connectivity index (χ4n) is 3.16. The Bertz CT molecular complexity index is 1110. The SMILES string of the molecule is C=C(CC)CC=C(C(=O)NC(C)c1csc(C)n1)c1cnn(-c2ccc(F)cc2)c1C.